The molecular formula is C23H22N4O3S3. The summed E-state index contributed by atoms with van der Waals surface area (Å²) < 4.78 is 2.18. The van der Waals surface area contributed by atoms with Gasteiger partial charge in [-0.25, -0.2) is 4.98 Å². The summed E-state index contributed by atoms with van der Waals surface area (Å²) in [6, 6.07) is 18.7. The summed E-state index contributed by atoms with van der Waals surface area (Å²) in [6.07, 6.45) is 0.726. The first kappa shape index (κ1) is 23.4. The fourth-order valence-electron chi connectivity index (χ4n) is 3.28. The maximum atomic E-state index is 13.1. The van der Waals surface area contributed by atoms with Crippen LogP contribution in [0, 0.1) is 10.1 Å². The number of hydrogen-bond donors (Lipinski definition) is 1. The van der Waals surface area contributed by atoms with Crippen molar-refractivity contribution in [3.8, 4) is 0 Å². The molecule has 33 heavy (non-hydrogen) atoms. The summed E-state index contributed by atoms with van der Waals surface area (Å²) in [4.78, 5) is 31.3. The molecule has 0 bridgehead atoms. The van der Waals surface area contributed by atoms with E-state index in [9.17, 15) is 14.9 Å². The van der Waals surface area contributed by atoms with Crippen molar-refractivity contribution in [3.63, 3.8) is 0 Å². The first-order valence-corrected chi connectivity index (χ1v) is 12.7. The van der Waals surface area contributed by atoms with Gasteiger partial charge in [-0.1, -0.05) is 42.5 Å². The molecule has 10 heteroatoms. The molecule has 2 aromatic heterocycles. The van der Waals surface area contributed by atoms with E-state index in [0.29, 0.717) is 13.4 Å². The van der Waals surface area contributed by atoms with Crippen molar-refractivity contribution < 1.29 is 9.72 Å². The van der Waals surface area contributed by atoms with Crippen LogP contribution in [0.15, 0.2) is 69.2 Å². The number of hydrogen-bond acceptors (Lipinski definition) is 8. The number of carbonyl (C=O) groups is 1. The van der Waals surface area contributed by atoms with Crippen LogP contribution in [0.1, 0.15) is 27.7 Å². The fourth-order valence-corrected chi connectivity index (χ4v) is 6.79. The number of nitrogens with one attached hydrogen (secondary N) is 1. The number of para-hydroxylation sites is 1. The molecule has 7 nitrogen and oxygen atoms in total. The average Bonchev–Trinajstić information content (AvgIpc) is 3.41. The Morgan fingerprint density at radius 3 is 2.58 bits per heavy atom. The zero-order valence-electron chi connectivity index (χ0n) is 18.1. The van der Waals surface area contributed by atoms with Crippen molar-refractivity contribution in [2.75, 3.05) is 20.6 Å². The van der Waals surface area contributed by atoms with Gasteiger partial charge in [0.15, 0.2) is 4.34 Å². The van der Waals surface area contributed by atoms with Crippen LogP contribution < -0.4 is 5.32 Å². The van der Waals surface area contributed by atoms with Crippen molar-refractivity contribution in [2.45, 2.75) is 21.0 Å². The lowest BCUT2D eigenvalue weighted by Gasteiger charge is -2.21. The first-order chi connectivity index (χ1) is 15.9. The Balaban J connectivity index is 1.57. The topological polar surface area (TPSA) is 88.4 Å². The first-order valence-electron chi connectivity index (χ1n) is 10.2. The summed E-state index contributed by atoms with van der Waals surface area (Å²) in [5.74, 6) is -0.313. The molecular weight excluding hydrogens is 476 g/mol. The van der Waals surface area contributed by atoms with E-state index in [1.54, 1.807) is 0 Å². The lowest BCUT2D eigenvalue weighted by atomic mass is 10.0. The molecule has 2 aromatic carbocycles. The molecule has 1 amide bonds. The zero-order chi connectivity index (χ0) is 23.4. The van der Waals surface area contributed by atoms with Gasteiger partial charge in [-0.05, 0) is 56.5 Å². The smallest absolute Gasteiger partial charge is 0.294 e. The Kier molecular flexibility index (Phi) is 7.39. The molecule has 1 unspecified atom stereocenters. The summed E-state index contributed by atoms with van der Waals surface area (Å²) in [7, 11) is 3.97. The zero-order valence-corrected chi connectivity index (χ0v) is 20.5. The molecule has 0 aliphatic rings. The monoisotopic (exact) mass is 498 g/mol. The summed E-state index contributed by atoms with van der Waals surface area (Å²) in [6.45, 7) is 0.795. The van der Waals surface area contributed by atoms with Gasteiger partial charge in [-0.2, -0.15) is 0 Å². The molecule has 0 saturated carbocycles. The predicted octanol–water partition coefficient (Wildman–Crippen LogP) is 5.84. The van der Waals surface area contributed by atoms with Crippen LogP contribution in [-0.4, -0.2) is 41.4 Å². The number of amides is 1. The highest BCUT2D eigenvalue weighted by Gasteiger charge is 2.26. The van der Waals surface area contributed by atoms with Gasteiger partial charge in [-0.15, -0.1) is 22.7 Å². The molecule has 0 fully saturated rings. The molecule has 0 radical (unpaired) electrons. The van der Waals surface area contributed by atoms with Gasteiger partial charge in [0.1, 0.15) is 9.09 Å². The predicted molar refractivity (Wildman–Crippen MR) is 135 cm³/mol. The van der Waals surface area contributed by atoms with E-state index in [1.165, 1.54) is 29.2 Å². The van der Waals surface area contributed by atoms with Crippen molar-refractivity contribution in [1.82, 2.24) is 15.2 Å². The molecule has 0 saturated heterocycles. The van der Waals surface area contributed by atoms with Crippen LogP contribution in [0.25, 0.3) is 10.2 Å². The van der Waals surface area contributed by atoms with Crippen molar-refractivity contribution >= 4 is 56.2 Å². The molecule has 0 aliphatic heterocycles. The highest BCUT2D eigenvalue weighted by molar-refractivity contribution is 8.03. The maximum Gasteiger partial charge on any atom is 0.294 e. The molecule has 170 valence electrons. The number of aromatic nitrogens is 1. The third-order valence-electron chi connectivity index (χ3n) is 4.93. The third-order valence-corrected chi connectivity index (χ3v) is 8.34. The molecule has 4 rings (SSSR count). The molecule has 4 aromatic rings. The third kappa shape index (κ3) is 5.77. The standard InChI is InChI=1S/C23H22N4O3S3/c1-26(2)13-12-16(15-8-4-3-5-9-15)24-21(28)20-14-18(27(29)30)22(31-20)33-23-25-17-10-6-7-11-19(17)32-23/h3-11,14,16H,12-13H2,1-2H3,(H,24,28). The Hall–Kier alpha value is -2.79. The van der Waals surface area contributed by atoms with E-state index in [2.05, 4.69) is 15.2 Å². The number of benzene rings is 2. The maximum absolute atomic E-state index is 13.1. The van der Waals surface area contributed by atoms with E-state index in [-0.39, 0.29) is 17.6 Å². The van der Waals surface area contributed by atoms with Gasteiger partial charge in [0.2, 0.25) is 0 Å². The van der Waals surface area contributed by atoms with E-state index in [4.69, 9.17) is 0 Å². The Morgan fingerprint density at radius 2 is 1.88 bits per heavy atom. The minimum atomic E-state index is -0.441. The van der Waals surface area contributed by atoms with Crippen LogP contribution in [0.5, 0.6) is 0 Å². The molecule has 1 N–H and O–H groups in total. The summed E-state index contributed by atoms with van der Waals surface area (Å²) in [5, 5.41) is 14.8. The van der Waals surface area contributed by atoms with Crippen LogP contribution in [0.4, 0.5) is 5.69 Å². The second kappa shape index (κ2) is 10.4. The van der Waals surface area contributed by atoms with Gasteiger partial charge >= 0.3 is 0 Å². The highest BCUT2D eigenvalue weighted by Crippen LogP contribution is 2.43. The van der Waals surface area contributed by atoms with Gasteiger partial charge in [-0.3, -0.25) is 14.9 Å². The minimum absolute atomic E-state index is 0.0704. The normalized spacial score (nSPS) is 12.2. The van der Waals surface area contributed by atoms with Crippen LogP contribution in [0.3, 0.4) is 0 Å². The van der Waals surface area contributed by atoms with E-state index < -0.39 is 4.92 Å². The number of thiophene rings is 1. The number of nitrogens with zero attached hydrogens (tertiary/aromatic N) is 3. The number of fused-ring (bicyclic) bond motifs is 1. The van der Waals surface area contributed by atoms with Gasteiger partial charge in [0, 0.05) is 6.07 Å². The van der Waals surface area contributed by atoms with Crippen LogP contribution in [-0.2, 0) is 0 Å². The quantitative estimate of drug-likeness (QED) is 0.230. The summed E-state index contributed by atoms with van der Waals surface area (Å²) >= 11 is 3.84. The Morgan fingerprint density at radius 1 is 1.15 bits per heavy atom. The Labute approximate surface area is 203 Å². The average molecular weight is 499 g/mol. The largest absolute Gasteiger partial charge is 0.344 e. The summed E-state index contributed by atoms with van der Waals surface area (Å²) in [5.41, 5.74) is 1.79. The lowest BCUT2D eigenvalue weighted by Crippen LogP contribution is -2.30. The van der Waals surface area contributed by atoms with Crippen LogP contribution in [0.2, 0.25) is 0 Å². The number of nitro groups is 1. The second-order valence-corrected chi connectivity index (χ2v) is 11.2. The molecule has 2 heterocycles. The van der Waals surface area contributed by atoms with Gasteiger partial charge < -0.3 is 10.2 Å². The van der Waals surface area contributed by atoms with Crippen molar-refractivity contribution in [2.24, 2.45) is 0 Å². The minimum Gasteiger partial charge on any atom is -0.344 e. The van der Waals surface area contributed by atoms with Crippen molar-refractivity contribution in [1.29, 1.82) is 0 Å². The van der Waals surface area contributed by atoms with Gasteiger partial charge in [0.05, 0.1) is 21.2 Å². The number of thiazole rings is 1. The number of carbonyl (C=O) groups excluding carboxylic acids is 1. The van der Waals surface area contributed by atoms with Gasteiger partial charge in [0.25, 0.3) is 11.6 Å². The lowest BCUT2D eigenvalue weighted by molar-refractivity contribution is -0.387. The van der Waals surface area contributed by atoms with E-state index in [1.807, 2.05) is 68.7 Å². The fraction of sp³-hybridized carbons (Fsp3) is 0.217. The molecule has 0 aliphatic carbocycles. The Bertz CT molecular complexity index is 1240. The van der Waals surface area contributed by atoms with Crippen LogP contribution >= 0.6 is 34.4 Å². The molecule has 0 spiro atoms. The van der Waals surface area contributed by atoms with E-state index >= 15 is 0 Å². The van der Waals surface area contributed by atoms with E-state index in [0.717, 1.165) is 40.1 Å². The number of rotatable bonds is 9. The highest BCUT2D eigenvalue weighted by atomic mass is 32.2. The molecule has 1 atom stereocenters. The second-order valence-electron chi connectivity index (χ2n) is 7.62. The van der Waals surface area contributed by atoms with Crippen molar-refractivity contribution in [3.05, 3.63) is 81.2 Å². The SMILES string of the molecule is CN(C)CCC(NC(=O)c1cc([N+](=O)[O-])c(Sc2nc3ccccc3s2)s1)c1ccccc1.